The van der Waals surface area contributed by atoms with Gasteiger partial charge in [-0.15, -0.1) is 0 Å². The molecule has 0 spiro atoms. The van der Waals surface area contributed by atoms with Crippen molar-refractivity contribution >= 4 is 5.91 Å². The maximum Gasteiger partial charge on any atom is 0.253 e. The monoisotopic (exact) mass is 262 g/mol. The highest BCUT2D eigenvalue weighted by Gasteiger charge is 2.14. The van der Waals surface area contributed by atoms with Crippen LogP contribution in [0.3, 0.4) is 0 Å². The van der Waals surface area contributed by atoms with E-state index in [2.05, 4.69) is 20.8 Å². The van der Waals surface area contributed by atoms with Crippen molar-refractivity contribution in [1.82, 2.24) is 4.90 Å². The number of hydrogen-bond donors (Lipinski definition) is 1. The van der Waals surface area contributed by atoms with Crippen LogP contribution in [0.2, 0.25) is 0 Å². The minimum Gasteiger partial charge on any atom is -0.339 e. The zero-order valence-corrected chi connectivity index (χ0v) is 12.4. The van der Waals surface area contributed by atoms with E-state index in [-0.39, 0.29) is 5.91 Å². The van der Waals surface area contributed by atoms with E-state index >= 15 is 0 Å². The molecule has 0 fully saturated rings. The molecule has 1 rings (SSSR count). The van der Waals surface area contributed by atoms with E-state index < -0.39 is 0 Å². The third-order valence-corrected chi connectivity index (χ3v) is 3.24. The molecule has 2 N–H and O–H groups in total. The van der Waals surface area contributed by atoms with Crippen molar-refractivity contribution in [2.75, 3.05) is 19.6 Å². The van der Waals surface area contributed by atoms with Crippen LogP contribution in [-0.2, 0) is 0 Å². The molecule has 3 heteroatoms. The molecule has 106 valence electrons. The molecule has 0 aliphatic heterocycles. The fourth-order valence-electron chi connectivity index (χ4n) is 2.06. The highest BCUT2D eigenvalue weighted by atomic mass is 16.2. The lowest BCUT2D eigenvalue weighted by Gasteiger charge is -2.22. The minimum absolute atomic E-state index is 0.116. The molecular formula is C16H26N2O. The molecule has 0 unspecified atom stereocenters. The number of nitrogens with two attached hydrogens (primary N) is 1. The number of amides is 1. The summed E-state index contributed by atoms with van der Waals surface area (Å²) in [5.41, 5.74) is 7.56. The molecule has 0 aromatic heterocycles. The van der Waals surface area contributed by atoms with E-state index in [1.54, 1.807) is 0 Å². The van der Waals surface area contributed by atoms with Crippen molar-refractivity contribution in [1.29, 1.82) is 0 Å². The summed E-state index contributed by atoms with van der Waals surface area (Å²) >= 11 is 0. The lowest BCUT2D eigenvalue weighted by Crippen LogP contribution is -2.33. The van der Waals surface area contributed by atoms with Crippen molar-refractivity contribution in [3.05, 3.63) is 35.4 Å². The van der Waals surface area contributed by atoms with Gasteiger partial charge < -0.3 is 10.6 Å². The second-order valence-corrected chi connectivity index (χ2v) is 5.21. The van der Waals surface area contributed by atoms with Crippen molar-refractivity contribution in [2.24, 2.45) is 5.73 Å². The SMILES string of the molecule is CCCN(CCCN)C(=O)c1ccc(C(C)C)cc1. The van der Waals surface area contributed by atoms with Crippen LogP contribution in [0.1, 0.15) is 55.5 Å². The van der Waals surface area contributed by atoms with Crippen LogP contribution in [0.4, 0.5) is 0 Å². The molecule has 0 saturated heterocycles. The van der Waals surface area contributed by atoms with E-state index in [0.717, 1.165) is 31.5 Å². The summed E-state index contributed by atoms with van der Waals surface area (Å²) in [5.74, 6) is 0.610. The molecular weight excluding hydrogens is 236 g/mol. The standard InChI is InChI=1S/C16H26N2O/c1-4-11-18(12-5-10-17)16(19)15-8-6-14(7-9-15)13(2)3/h6-9,13H,4-5,10-12,17H2,1-3H3. The molecule has 19 heavy (non-hydrogen) atoms. The van der Waals surface area contributed by atoms with Gasteiger partial charge in [0.1, 0.15) is 0 Å². The van der Waals surface area contributed by atoms with Gasteiger partial charge in [0.2, 0.25) is 0 Å². The lowest BCUT2D eigenvalue weighted by molar-refractivity contribution is 0.0754. The maximum absolute atomic E-state index is 12.4. The number of carbonyl (C=O) groups is 1. The van der Waals surface area contributed by atoms with Crippen molar-refractivity contribution in [3.63, 3.8) is 0 Å². The van der Waals surface area contributed by atoms with E-state index in [9.17, 15) is 4.79 Å². The van der Waals surface area contributed by atoms with E-state index in [1.807, 2.05) is 29.2 Å². The summed E-state index contributed by atoms with van der Waals surface area (Å²) in [4.78, 5) is 14.3. The van der Waals surface area contributed by atoms with Crippen LogP contribution < -0.4 is 5.73 Å². The second-order valence-electron chi connectivity index (χ2n) is 5.21. The summed E-state index contributed by atoms with van der Waals surface area (Å²) in [7, 11) is 0. The maximum atomic E-state index is 12.4. The molecule has 0 saturated carbocycles. The number of carbonyl (C=O) groups excluding carboxylic acids is 1. The van der Waals surface area contributed by atoms with Gasteiger partial charge in [-0.1, -0.05) is 32.9 Å². The zero-order valence-electron chi connectivity index (χ0n) is 12.4. The third kappa shape index (κ3) is 4.67. The molecule has 0 bridgehead atoms. The highest BCUT2D eigenvalue weighted by Crippen LogP contribution is 2.16. The summed E-state index contributed by atoms with van der Waals surface area (Å²) in [6, 6.07) is 7.96. The van der Waals surface area contributed by atoms with Gasteiger partial charge in [0.25, 0.3) is 5.91 Å². The normalized spacial score (nSPS) is 10.8. The van der Waals surface area contributed by atoms with Crippen LogP contribution in [0, 0.1) is 0 Å². The van der Waals surface area contributed by atoms with Crippen LogP contribution >= 0.6 is 0 Å². The third-order valence-electron chi connectivity index (χ3n) is 3.24. The Morgan fingerprint density at radius 3 is 2.32 bits per heavy atom. The Hall–Kier alpha value is -1.35. The summed E-state index contributed by atoms with van der Waals surface area (Å²) in [5, 5.41) is 0. The smallest absolute Gasteiger partial charge is 0.253 e. The fraction of sp³-hybridized carbons (Fsp3) is 0.562. The van der Waals surface area contributed by atoms with E-state index in [4.69, 9.17) is 5.73 Å². The van der Waals surface area contributed by atoms with Gasteiger partial charge in [0.15, 0.2) is 0 Å². The van der Waals surface area contributed by atoms with Crippen molar-refractivity contribution < 1.29 is 4.79 Å². The van der Waals surface area contributed by atoms with Crippen LogP contribution in [0.5, 0.6) is 0 Å². The van der Waals surface area contributed by atoms with Crippen LogP contribution in [0.15, 0.2) is 24.3 Å². The lowest BCUT2D eigenvalue weighted by atomic mass is 10.0. The second kappa shape index (κ2) is 7.95. The minimum atomic E-state index is 0.116. The Balaban J connectivity index is 2.77. The first-order chi connectivity index (χ1) is 9.10. The molecule has 0 aliphatic carbocycles. The Labute approximate surface area is 116 Å². The van der Waals surface area contributed by atoms with Gasteiger partial charge in [0, 0.05) is 18.7 Å². The number of rotatable bonds is 7. The predicted molar refractivity (Wildman–Crippen MR) is 80.4 cm³/mol. The first-order valence-corrected chi connectivity index (χ1v) is 7.19. The zero-order chi connectivity index (χ0) is 14.3. The Bertz CT molecular complexity index is 384. The van der Waals surface area contributed by atoms with Crippen molar-refractivity contribution in [2.45, 2.75) is 39.5 Å². The average molecular weight is 262 g/mol. The topological polar surface area (TPSA) is 46.3 Å². The first-order valence-electron chi connectivity index (χ1n) is 7.19. The number of nitrogens with zero attached hydrogens (tertiary/aromatic N) is 1. The van der Waals surface area contributed by atoms with Gasteiger partial charge in [0.05, 0.1) is 0 Å². The first kappa shape index (κ1) is 15.7. The Morgan fingerprint density at radius 2 is 1.84 bits per heavy atom. The number of benzene rings is 1. The van der Waals surface area contributed by atoms with Crippen molar-refractivity contribution in [3.8, 4) is 0 Å². The Kier molecular flexibility index (Phi) is 6.57. The largest absolute Gasteiger partial charge is 0.339 e. The Morgan fingerprint density at radius 1 is 1.21 bits per heavy atom. The molecule has 0 aliphatic rings. The van der Waals surface area contributed by atoms with Gasteiger partial charge in [-0.2, -0.15) is 0 Å². The summed E-state index contributed by atoms with van der Waals surface area (Å²) in [6.07, 6.45) is 1.83. The van der Waals surface area contributed by atoms with Gasteiger partial charge in [-0.3, -0.25) is 4.79 Å². The fourth-order valence-corrected chi connectivity index (χ4v) is 2.06. The molecule has 1 amide bonds. The molecule has 3 nitrogen and oxygen atoms in total. The molecule has 1 aromatic rings. The van der Waals surface area contributed by atoms with Gasteiger partial charge in [-0.05, 0) is 43.0 Å². The van der Waals surface area contributed by atoms with Gasteiger partial charge in [-0.25, -0.2) is 0 Å². The predicted octanol–water partition coefficient (Wildman–Crippen LogP) is 3.01. The van der Waals surface area contributed by atoms with Crippen LogP contribution in [0.25, 0.3) is 0 Å². The van der Waals surface area contributed by atoms with Crippen LogP contribution in [-0.4, -0.2) is 30.4 Å². The van der Waals surface area contributed by atoms with E-state index in [0.29, 0.717) is 12.5 Å². The molecule has 0 radical (unpaired) electrons. The summed E-state index contributed by atoms with van der Waals surface area (Å²) < 4.78 is 0. The number of hydrogen-bond acceptors (Lipinski definition) is 2. The quantitative estimate of drug-likeness (QED) is 0.821. The highest BCUT2D eigenvalue weighted by molar-refractivity contribution is 5.94. The molecule has 0 heterocycles. The average Bonchev–Trinajstić information content (AvgIpc) is 2.42. The van der Waals surface area contributed by atoms with Gasteiger partial charge >= 0.3 is 0 Å². The van der Waals surface area contributed by atoms with E-state index in [1.165, 1.54) is 5.56 Å². The summed E-state index contributed by atoms with van der Waals surface area (Å²) in [6.45, 7) is 8.56. The molecule has 0 atom stereocenters. The molecule has 1 aromatic carbocycles.